The highest BCUT2D eigenvalue weighted by Gasteiger charge is 1.94. The Labute approximate surface area is 89.3 Å². The lowest BCUT2D eigenvalue weighted by molar-refractivity contribution is 0.631. The molecule has 1 atom stereocenters. The van der Waals surface area contributed by atoms with E-state index >= 15 is 0 Å². The van der Waals surface area contributed by atoms with E-state index in [-0.39, 0.29) is 12.4 Å². The van der Waals surface area contributed by atoms with Gasteiger partial charge in [-0.1, -0.05) is 52.8 Å². The van der Waals surface area contributed by atoms with Crippen molar-refractivity contribution in [2.45, 2.75) is 20.3 Å². The Morgan fingerprint density at radius 1 is 1.15 bits per heavy atom. The summed E-state index contributed by atoms with van der Waals surface area (Å²) in [4.78, 5) is 0. The molecule has 1 rings (SSSR count). The van der Waals surface area contributed by atoms with Crippen molar-refractivity contribution in [3.05, 3.63) is 30.3 Å². The molecule has 0 amide bonds. The van der Waals surface area contributed by atoms with E-state index in [9.17, 15) is 0 Å². The molecule has 0 saturated carbocycles. The van der Waals surface area contributed by atoms with Crippen LogP contribution in [0.2, 0.25) is 0 Å². The first-order chi connectivity index (χ1) is 5.79. The molecule has 0 radical (unpaired) electrons. The normalized spacial score (nSPS) is 10.7. The molecule has 0 aliphatic heterocycles. The largest absolute Gasteiger partial charge is 0.147 e. The minimum Gasteiger partial charge on any atom is -0.147 e. The molecule has 0 nitrogen and oxygen atoms in total. The maximum atomic E-state index is 2.29. The SMILES string of the molecule is CC(C)CCPc1ccccc1.Cl. The molecule has 13 heavy (non-hydrogen) atoms. The average Bonchev–Trinajstić information content (AvgIpc) is 2.05. The summed E-state index contributed by atoms with van der Waals surface area (Å²) in [5, 5.41) is 1.50. The predicted molar refractivity (Wildman–Crippen MR) is 66.0 cm³/mol. The van der Waals surface area contributed by atoms with Crippen LogP contribution in [0.25, 0.3) is 0 Å². The van der Waals surface area contributed by atoms with Crippen LogP contribution >= 0.6 is 21.0 Å². The third-order valence-corrected chi connectivity index (χ3v) is 3.10. The van der Waals surface area contributed by atoms with Gasteiger partial charge >= 0.3 is 0 Å². The van der Waals surface area contributed by atoms with E-state index in [2.05, 4.69) is 44.2 Å². The van der Waals surface area contributed by atoms with Crippen molar-refractivity contribution in [2.24, 2.45) is 5.92 Å². The minimum atomic E-state index is 0. The third kappa shape index (κ3) is 6.07. The average molecular weight is 217 g/mol. The lowest BCUT2D eigenvalue weighted by Gasteiger charge is -2.03. The zero-order chi connectivity index (χ0) is 8.81. The Morgan fingerprint density at radius 3 is 2.31 bits per heavy atom. The number of hydrogen-bond donors (Lipinski definition) is 0. The zero-order valence-corrected chi connectivity index (χ0v) is 10.1. The second kappa shape index (κ2) is 7.35. The summed E-state index contributed by atoms with van der Waals surface area (Å²) < 4.78 is 0. The molecule has 0 fully saturated rings. The highest BCUT2D eigenvalue weighted by atomic mass is 35.5. The summed E-state index contributed by atoms with van der Waals surface area (Å²) in [6.07, 6.45) is 2.70. The molecular weight excluding hydrogens is 199 g/mol. The van der Waals surface area contributed by atoms with Crippen molar-refractivity contribution < 1.29 is 0 Å². The molecule has 74 valence electrons. The van der Waals surface area contributed by atoms with Gasteiger partial charge in [0.05, 0.1) is 0 Å². The molecule has 0 saturated heterocycles. The van der Waals surface area contributed by atoms with Crippen LogP contribution in [0.3, 0.4) is 0 Å². The number of benzene rings is 1. The second-order valence-electron chi connectivity index (χ2n) is 3.48. The Hall–Kier alpha value is -0.0600. The van der Waals surface area contributed by atoms with E-state index in [4.69, 9.17) is 0 Å². The Kier molecular flexibility index (Phi) is 7.32. The van der Waals surface area contributed by atoms with E-state index in [1.165, 1.54) is 17.9 Å². The molecule has 0 N–H and O–H groups in total. The van der Waals surface area contributed by atoms with Crippen LogP contribution in [0.15, 0.2) is 30.3 Å². The first-order valence-corrected chi connectivity index (χ1v) is 5.78. The van der Waals surface area contributed by atoms with Gasteiger partial charge in [0.2, 0.25) is 0 Å². The van der Waals surface area contributed by atoms with Crippen LogP contribution in [0, 0.1) is 5.92 Å². The molecule has 0 spiro atoms. The van der Waals surface area contributed by atoms with Gasteiger partial charge in [0.25, 0.3) is 0 Å². The van der Waals surface area contributed by atoms with E-state index in [0.717, 1.165) is 14.5 Å². The van der Waals surface area contributed by atoms with E-state index in [1.807, 2.05) is 0 Å². The minimum absolute atomic E-state index is 0. The summed E-state index contributed by atoms with van der Waals surface area (Å²) in [5.74, 6) is 0.848. The molecule has 0 aliphatic rings. The van der Waals surface area contributed by atoms with E-state index in [0.29, 0.717) is 0 Å². The number of hydrogen-bond acceptors (Lipinski definition) is 0. The Morgan fingerprint density at radius 2 is 1.77 bits per heavy atom. The van der Waals surface area contributed by atoms with Gasteiger partial charge in [-0.3, -0.25) is 0 Å². The number of halogens is 1. The van der Waals surface area contributed by atoms with Crippen LogP contribution in [-0.2, 0) is 0 Å². The molecule has 0 bridgehead atoms. The molecule has 0 aliphatic carbocycles. The molecule has 1 unspecified atom stereocenters. The first kappa shape index (κ1) is 12.9. The van der Waals surface area contributed by atoms with Crippen LogP contribution in [-0.4, -0.2) is 6.16 Å². The summed E-state index contributed by atoms with van der Waals surface area (Å²) in [6.45, 7) is 4.57. The fraction of sp³-hybridized carbons (Fsp3) is 0.455. The topological polar surface area (TPSA) is 0 Å². The van der Waals surface area contributed by atoms with Gasteiger partial charge in [-0.15, -0.1) is 12.4 Å². The molecule has 1 aromatic carbocycles. The van der Waals surface area contributed by atoms with Gasteiger partial charge in [-0.05, 0) is 23.8 Å². The van der Waals surface area contributed by atoms with Crippen molar-refractivity contribution in [1.29, 1.82) is 0 Å². The highest BCUT2D eigenvalue weighted by Crippen LogP contribution is 2.14. The molecule has 0 heterocycles. The summed E-state index contributed by atoms with van der Waals surface area (Å²) in [5.41, 5.74) is 0. The van der Waals surface area contributed by atoms with Crippen molar-refractivity contribution >= 4 is 26.3 Å². The number of rotatable bonds is 4. The van der Waals surface area contributed by atoms with E-state index in [1.54, 1.807) is 0 Å². The maximum absolute atomic E-state index is 2.29. The lowest BCUT2D eigenvalue weighted by Crippen LogP contribution is -1.96. The standard InChI is InChI=1S/C11H17P.ClH/c1-10(2)8-9-12-11-6-4-3-5-7-11;/h3-7,10,12H,8-9H2,1-2H3;1H. The van der Waals surface area contributed by atoms with Gasteiger partial charge < -0.3 is 0 Å². The summed E-state index contributed by atoms with van der Waals surface area (Å²) in [6, 6.07) is 10.8. The fourth-order valence-electron chi connectivity index (χ4n) is 1.06. The highest BCUT2D eigenvalue weighted by molar-refractivity contribution is 7.47. The smallest absolute Gasteiger partial charge is 0.0271 e. The third-order valence-electron chi connectivity index (χ3n) is 1.82. The van der Waals surface area contributed by atoms with Gasteiger partial charge in [0.1, 0.15) is 0 Å². The van der Waals surface area contributed by atoms with Crippen LogP contribution in [0.4, 0.5) is 0 Å². The fourth-order valence-corrected chi connectivity index (χ4v) is 2.50. The van der Waals surface area contributed by atoms with Crippen molar-refractivity contribution in [3.63, 3.8) is 0 Å². The van der Waals surface area contributed by atoms with Crippen molar-refractivity contribution in [1.82, 2.24) is 0 Å². The van der Waals surface area contributed by atoms with Gasteiger partial charge in [0.15, 0.2) is 0 Å². The maximum Gasteiger partial charge on any atom is -0.0271 e. The van der Waals surface area contributed by atoms with E-state index < -0.39 is 0 Å². The van der Waals surface area contributed by atoms with Crippen molar-refractivity contribution in [2.75, 3.05) is 6.16 Å². The van der Waals surface area contributed by atoms with Crippen LogP contribution in [0.1, 0.15) is 20.3 Å². The molecule has 2 heteroatoms. The monoisotopic (exact) mass is 216 g/mol. The Balaban J connectivity index is 0.00000144. The first-order valence-electron chi connectivity index (χ1n) is 4.58. The van der Waals surface area contributed by atoms with Crippen molar-refractivity contribution in [3.8, 4) is 0 Å². The summed E-state index contributed by atoms with van der Waals surface area (Å²) in [7, 11) is 0.997. The molecule has 1 aromatic rings. The second-order valence-corrected chi connectivity index (χ2v) is 4.91. The molecular formula is C11H18ClP. The van der Waals surface area contributed by atoms with Crippen LogP contribution in [0.5, 0.6) is 0 Å². The zero-order valence-electron chi connectivity index (χ0n) is 8.29. The molecule has 0 aromatic heterocycles. The van der Waals surface area contributed by atoms with Gasteiger partial charge in [-0.25, -0.2) is 0 Å². The Bertz CT molecular complexity index is 209. The van der Waals surface area contributed by atoms with Gasteiger partial charge in [0, 0.05) is 0 Å². The summed E-state index contributed by atoms with van der Waals surface area (Å²) >= 11 is 0. The predicted octanol–water partition coefficient (Wildman–Crippen LogP) is 3.46. The quantitative estimate of drug-likeness (QED) is 0.677. The van der Waals surface area contributed by atoms with Gasteiger partial charge in [-0.2, -0.15) is 0 Å². The lowest BCUT2D eigenvalue weighted by atomic mass is 10.2. The van der Waals surface area contributed by atoms with Crippen LogP contribution < -0.4 is 5.30 Å².